The van der Waals surface area contributed by atoms with Gasteiger partial charge in [-0.3, -0.25) is 9.59 Å². The second kappa shape index (κ2) is 6.51. The van der Waals surface area contributed by atoms with Gasteiger partial charge in [0.25, 0.3) is 5.91 Å². The van der Waals surface area contributed by atoms with E-state index in [4.69, 9.17) is 4.42 Å². The fourth-order valence-electron chi connectivity index (χ4n) is 3.31. The lowest BCUT2D eigenvalue weighted by Crippen LogP contribution is -2.39. The third-order valence-electron chi connectivity index (χ3n) is 4.59. The van der Waals surface area contributed by atoms with Crippen molar-refractivity contribution in [1.82, 2.24) is 10.2 Å². The lowest BCUT2D eigenvalue weighted by atomic mass is 9.93. The topological polar surface area (TPSA) is 62.6 Å². The van der Waals surface area contributed by atoms with Crippen LogP contribution < -0.4 is 5.32 Å². The van der Waals surface area contributed by atoms with E-state index >= 15 is 0 Å². The van der Waals surface area contributed by atoms with Gasteiger partial charge < -0.3 is 14.6 Å². The van der Waals surface area contributed by atoms with E-state index in [9.17, 15) is 9.59 Å². The lowest BCUT2D eigenvalue weighted by Gasteiger charge is -2.19. The molecule has 2 heterocycles. The molecule has 0 radical (unpaired) electrons. The zero-order valence-corrected chi connectivity index (χ0v) is 14.2. The van der Waals surface area contributed by atoms with Crippen LogP contribution in [0.2, 0.25) is 0 Å². The van der Waals surface area contributed by atoms with Crippen LogP contribution >= 0.6 is 0 Å². The molecule has 0 aliphatic carbocycles. The Morgan fingerprint density at radius 1 is 1.12 bits per heavy atom. The van der Waals surface area contributed by atoms with E-state index in [1.165, 1.54) is 18.8 Å². The maximum Gasteiger partial charge on any atom is 0.257 e. The summed E-state index contributed by atoms with van der Waals surface area (Å²) in [6.07, 6.45) is 1.53. The Bertz CT molecular complexity index is 748. The van der Waals surface area contributed by atoms with Crippen molar-refractivity contribution in [1.29, 1.82) is 0 Å². The van der Waals surface area contributed by atoms with E-state index in [0.29, 0.717) is 24.4 Å². The van der Waals surface area contributed by atoms with Crippen molar-refractivity contribution in [2.45, 2.75) is 32.7 Å². The van der Waals surface area contributed by atoms with Crippen LogP contribution in [0, 0.1) is 13.8 Å². The van der Waals surface area contributed by atoms with Gasteiger partial charge >= 0.3 is 0 Å². The quantitative estimate of drug-likeness (QED) is 0.943. The van der Waals surface area contributed by atoms with Crippen molar-refractivity contribution in [3.8, 4) is 0 Å². The number of likely N-dealkylation sites (tertiary alicyclic amines) is 1. The molecule has 0 bridgehead atoms. The Morgan fingerprint density at radius 2 is 1.83 bits per heavy atom. The highest BCUT2D eigenvalue weighted by molar-refractivity contribution is 5.95. The number of benzene rings is 1. The summed E-state index contributed by atoms with van der Waals surface area (Å²) in [6.45, 7) is 6.42. The van der Waals surface area contributed by atoms with Gasteiger partial charge in [0.2, 0.25) is 5.91 Å². The molecule has 5 nitrogen and oxygen atoms in total. The average molecular weight is 326 g/mol. The summed E-state index contributed by atoms with van der Waals surface area (Å²) in [5, 5.41) is 2.99. The zero-order valence-electron chi connectivity index (χ0n) is 14.2. The molecular formula is C19H22N2O3. The number of amides is 2. The smallest absolute Gasteiger partial charge is 0.257 e. The highest BCUT2D eigenvalue weighted by Gasteiger charge is 2.37. The second-order valence-corrected chi connectivity index (χ2v) is 6.42. The molecule has 2 atom stereocenters. The largest absolute Gasteiger partial charge is 0.469 e. The van der Waals surface area contributed by atoms with Gasteiger partial charge in [0.15, 0.2) is 0 Å². The van der Waals surface area contributed by atoms with Crippen molar-refractivity contribution >= 4 is 11.8 Å². The predicted octanol–water partition coefficient (Wildman–Crippen LogP) is 2.64. The molecule has 0 unspecified atom stereocenters. The summed E-state index contributed by atoms with van der Waals surface area (Å²) in [5.41, 5.74) is 2.91. The SMILES string of the molecule is CC(=O)N[C@@H]1CN(C(=O)c2ccoc2C)C[C@H]1c1ccc(C)cc1. The van der Waals surface area contributed by atoms with Crippen LogP contribution in [0.3, 0.4) is 0 Å². The van der Waals surface area contributed by atoms with Gasteiger partial charge in [-0.15, -0.1) is 0 Å². The summed E-state index contributed by atoms with van der Waals surface area (Å²) < 4.78 is 5.24. The van der Waals surface area contributed by atoms with Crippen LogP contribution in [0.25, 0.3) is 0 Å². The van der Waals surface area contributed by atoms with Gasteiger partial charge in [0, 0.05) is 25.9 Å². The van der Waals surface area contributed by atoms with Crippen molar-refractivity contribution in [3.63, 3.8) is 0 Å². The third-order valence-corrected chi connectivity index (χ3v) is 4.59. The van der Waals surface area contributed by atoms with Gasteiger partial charge in [-0.05, 0) is 25.5 Å². The van der Waals surface area contributed by atoms with Crippen LogP contribution in [-0.2, 0) is 4.79 Å². The molecule has 1 saturated heterocycles. The first kappa shape index (κ1) is 16.3. The lowest BCUT2D eigenvalue weighted by molar-refractivity contribution is -0.119. The first-order valence-electron chi connectivity index (χ1n) is 8.12. The third kappa shape index (κ3) is 3.20. The Balaban J connectivity index is 1.85. The van der Waals surface area contributed by atoms with E-state index < -0.39 is 0 Å². The molecule has 2 aromatic rings. The minimum atomic E-state index is -0.0821. The standard InChI is InChI=1S/C19H22N2O3/c1-12-4-6-15(7-5-12)17-10-21(11-18(17)20-14(3)22)19(23)16-8-9-24-13(16)2/h4-9,17-18H,10-11H2,1-3H3,(H,20,22)/t17-,18+/m0/s1. The molecule has 1 aromatic heterocycles. The van der Waals surface area contributed by atoms with E-state index in [1.54, 1.807) is 17.9 Å². The first-order chi connectivity index (χ1) is 11.5. The minimum absolute atomic E-state index is 0.0498. The van der Waals surface area contributed by atoms with Gasteiger partial charge in [-0.1, -0.05) is 29.8 Å². The van der Waals surface area contributed by atoms with E-state index in [0.717, 1.165) is 5.56 Å². The molecular weight excluding hydrogens is 304 g/mol. The van der Waals surface area contributed by atoms with Gasteiger partial charge in [-0.25, -0.2) is 0 Å². The summed E-state index contributed by atoms with van der Waals surface area (Å²) in [4.78, 5) is 26.1. The van der Waals surface area contributed by atoms with Crippen LogP contribution in [0.1, 0.15) is 40.1 Å². The highest BCUT2D eigenvalue weighted by Crippen LogP contribution is 2.29. The number of carbonyl (C=O) groups excluding carboxylic acids is 2. The predicted molar refractivity (Wildman–Crippen MR) is 90.9 cm³/mol. The molecule has 1 aliphatic heterocycles. The Kier molecular flexibility index (Phi) is 4.42. The normalized spacial score (nSPS) is 20.2. The highest BCUT2D eigenvalue weighted by atomic mass is 16.3. The number of hydrogen-bond donors (Lipinski definition) is 1. The molecule has 0 saturated carbocycles. The summed E-state index contributed by atoms with van der Waals surface area (Å²) in [7, 11) is 0. The molecule has 126 valence electrons. The number of carbonyl (C=O) groups is 2. The van der Waals surface area contributed by atoms with Gasteiger partial charge in [0.05, 0.1) is 17.9 Å². The Morgan fingerprint density at radius 3 is 2.42 bits per heavy atom. The number of hydrogen-bond acceptors (Lipinski definition) is 3. The van der Waals surface area contributed by atoms with Crippen molar-refractivity contribution in [2.24, 2.45) is 0 Å². The van der Waals surface area contributed by atoms with E-state index in [-0.39, 0.29) is 23.8 Å². The molecule has 1 fully saturated rings. The molecule has 24 heavy (non-hydrogen) atoms. The zero-order chi connectivity index (χ0) is 17.3. The van der Waals surface area contributed by atoms with Crippen molar-refractivity contribution in [3.05, 3.63) is 59.0 Å². The molecule has 2 amide bonds. The Hall–Kier alpha value is -2.56. The molecule has 1 N–H and O–H groups in total. The summed E-state index contributed by atoms with van der Waals surface area (Å²) in [5.74, 6) is 0.581. The number of nitrogens with zero attached hydrogens (tertiary/aromatic N) is 1. The van der Waals surface area contributed by atoms with Crippen LogP contribution in [-0.4, -0.2) is 35.8 Å². The van der Waals surface area contributed by atoms with Crippen LogP contribution in [0.5, 0.6) is 0 Å². The Labute approximate surface area is 141 Å². The number of rotatable bonds is 3. The molecule has 1 aromatic carbocycles. The second-order valence-electron chi connectivity index (χ2n) is 6.42. The maximum absolute atomic E-state index is 12.7. The number of aryl methyl sites for hydroxylation is 2. The average Bonchev–Trinajstić information content (AvgIpc) is 3.13. The minimum Gasteiger partial charge on any atom is -0.469 e. The van der Waals surface area contributed by atoms with Crippen molar-refractivity contribution < 1.29 is 14.0 Å². The summed E-state index contributed by atoms with van der Waals surface area (Å²) >= 11 is 0. The number of nitrogens with one attached hydrogen (secondary N) is 1. The summed E-state index contributed by atoms with van der Waals surface area (Å²) in [6, 6.07) is 9.89. The molecule has 3 rings (SSSR count). The first-order valence-corrected chi connectivity index (χ1v) is 8.12. The van der Waals surface area contributed by atoms with Gasteiger partial charge in [-0.2, -0.15) is 0 Å². The van der Waals surface area contributed by atoms with Crippen molar-refractivity contribution in [2.75, 3.05) is 13.1 Å². The van der Waals surface area contributed by atoms with E-state index in [1.807, 2.05) is 6.92 Å². The number of furan rings is 1. The fourth-order valence-corrected chi connectivity index (χ4v) is 3.31. The maximum atomic E-state index is 12.7. The fraction of sp³-hybridized carbons (Fsp3) is 0.368. The van der Waals surface area contributed by atoms with Gasteiger partial charge in [0.1, 0.15) is 5.76 Å². The van der Waals surface area contributed by atoms with E-state index in [2.05, 4.69) is 29.6 Å². The van der Waals surface area contributed by atoms with Crippen LogP contribution in [0.15, 0.2) is 41.0 Å². The molecule has 1 aliphatic rings. The molecule has 5 heteroatoms. The molecule has 0 spiro atoms. The monoisotopic (exact) mass is 326 g/mol. The van der Waals surface area contributed by atoms with Crippen LogP contribution in [0.4, 0.5) is 0 Å².